The van der Waals surface area contributed by atoms with Crippen LogP contribution in [0.3, 0.4) is 0 Å². The van der Waals surface area contributed by atoms with Gasteiger partial charge in [0.25, 0.3) is 0 Å². The highest BCUT2D eigenvalue weighted by Crippen LogP contribution is 2.25. The fraction of sp³-hybridized carbons (Fsp3) is 0.900. The molecule has 1 atom stereocenters. The summed E-state index contributed by atoms with van der Waals surface area (Å²) in [5.41, 5.74) is 0. The zero-order valence-electron chi connectivity index (χ0n) is 7.60. The maximum absolute atomic E-state index is 4.14. The molecule has 0 heterocycles. The van der Waals surface area contributed by atoms with Gasteiger partial charge in [0.2, 0.25) is 0 Å². The maximum Gasteiger partial charge on any atom is 0.00957 e. The van der Waals surface area contributed by atoms with Crippen LogP contribution >= 0.6 is 0 Å². The van der Waals surface area contributed by atoms with E-state index < -0.39 is 0 Å². The van der Waals surface area contributed by atoms with Crippen LogP contribution < -0.4 is 5.32 Å². The van der Waals surface area contributed by atoms with E-state index >= 15 is 0 Å². The lowest BCUT2D eigenvalue weighted by atomic mass is 9.84. The van der Waals surface area contributed by atoms with Gasteiger partial charge in [-0.3, -0.25) is 0 Å². The van der Waals surface area contributed by atoms with Crippen molar-refractivity contribution in [3.05, 3.63) is 6.92 Å². The van der Waals surface area contributed by atoms with Crippen molar-refractivity contribution < 1.29 is 0 Å². The molecule has 1 aliphatic carbocycles. The van der Waals surface area contributed by atoms with Crippen LogP contribution in [0.1, 0.15) is 39.0 Å². The molecule has 1 radical (unpaired) electrons. The van der Waals surface area contributed by atoms with Gasteiger partial charge in [-0.2, -0.15) is 0 Å². The Morgan fingerprint density at radius 1 is 1.36 bits per heavy atom. The molecule has 1 saturated carbocycles. The predicted molar refractivity (Wildman–Crippen MR) is 49.4 cm³/mol. The molecule has 1 N–H and O–H groups in total. The molecular formula is C10H20N. The Balaban J connectivity index is 2.21. The highest BCUT2D eigenvalue weighted by atomic mass is 14.9. The molecule has 0 aromatic rings. The summed E-state index contributed by atoms with van der Waals surface area (Å²) < 4.78 is 0. The molecule has 1 rings (SSSR count). The molecule has 1 aliphatic rings. The second-order valence-electron chi connectivity index (χ2n) is 3.56. The Bertz CT molecular complexity index is 95.0. The molecule has 1 unspecified atom stereocenters. The molecule has 1 heteroatoms. The fourth-order valence-electron chi connectivity index (χ4n) is 1.97. The molecule has 0 amide bonds. The number of nitrogens with one attached hydrogen (secondary N) is 1. The van der Waals surface area contributed by atoms with Gasteiger partial charge in [-0.05, 0) is 32.2 Å². The molecule has 0 bridgehead atoms. The van der Waals surface area contributed by atoms with E-state index in [1.807, 2.05) is 0 Å². The van der Waals surface area contributed by atoms with Crippen molar-refractivity contribution in [3.63, 3.8) is 0 Å². The lowest BCUT2D eigenvalue weighted by Gasteiger charge is -2.27. The van der Waals surface area contributed by atoms with Crippen LogP contribution in [0.15, 0.2) is 0 Å². The van der Waals surface area contributed by atoms with E-state index in [-0.39, 0.29) is 0 Å². The first-order chi connectivity index (χ1) is 5.34. The first-order valence-corrected chi connectivity index (χ1v) is 4.91. The highest BCUT2D eigenvalue weighted by molar-refractivity contribution is 4.80. The van der Waals surface area contributed by atoms with Gasteiger partial charge in [0, 0.05) is 6.04 Å². The third kappa shape index (κ3) is 2.82. The van der Waals surface area contributed by atoms with E-state index in [0.29, 0.717) is 6.04 Å². The average molecular weight is 154 g/mol. The Labute approximate surface area is 70.6 Å². The Kier molecular flexibility index (Phi) is 3.92. The molecule has 0 saturated heterocycles. The summed E-state index contributed by atoms with van der Waals surface area (Å²) in [6.07, 6.45) is 7.06. The topological polar surface area (TPSA) is 12.0 Å². The number of hydrogen-bond acceptors (Lipinski definition) is 1. The van der Waals surface area contributed by atoms with Crippen LogP contribution in [-0.2, 0) is 0 Å². The van der Waals surface area contributed by atoms with E-state index in [0.717, 1.165) is 12.5 Å². The van der Waals surface area contributed by atoms with Crippen molar-refractivity contribution in [2.24, 2.45) is 5.92 Å². The fourth-order valence-corrected chi connectivity index (χ4v) is 1.97. The summed E-state index contributed by atoms with van der Waals surface area (Å²) >= 11 is 0. The highest BCUT2D eigenvalue weighted by Gasteiger charge is 2.18. The van der Waals surface area contributed by atoms with Gasteiger partial charge >= 0.3 is 0 Å². The molecule has 0 aromatic carbocycles. The smallest absolute Gasteiger partial charge is 0.00957 e. The quantitative estimate of drug-likeness (QED) is 0.658. The number of rotatable bonds is 3. The Hall–Kier alpha value is -0.0400. The van der Waals surface area contributed by atoms with Crippen molar-refractivity contribution in [2.75, 3.05) is 6.54 Å². The van der Waals surface area contributed by atoms with Crippen molar-refractivity contribution in [1.82, 2.24) is 5.32 Å². The minimum absolute atomic E-state index is 0.500. The zero-order chi connectivity index (χ0) is 8.10. The third-order valence-corrected chi connectivity index (χ3v) is 2.69. The molecule has 0 aromatic heterocycles. The molecule has 0 spiro atoms. The van der Waals surface area contributed by atoms with Crippen LogP contribution in [0.4, 0.5) is 0 Å². The standard InChI is InChI=1S/C10H20N/c1-3-11-9(2)10-7-5-4-6-8-10/h9-11H,2-8H2,1H3. The van der Waals surface area contributed by atoms with Crippen molar-refractivity contribution in [1.29, 1.82) is 0 Å². The second-order valence-corrected chi connectivity index (χ2v) is 3.56. The predicted octanol–water partition coefficient (Wildman–Crippen LogP) is 2.38. The second kappa shape index (κ2) is 4.76. The van der Waals surface area contributed by atoms with E-state index in [9.17, 15) is 0 Å². The summed E-state index contributed by atoms with van der Waals surface area (Å²) in [5, 5.41) is 3.40. The first-order valence-electron chi connectivity index (χ1n) is 4.91. The van der Waals surface area contributed by atoms with E-state index in [4.69, 9.17) is 0 Å². The van der Waals surface area contributed by atoms with Crippen molar-refractivity contribution in [2.45, 2.75) is 45.1 Å². The first kappa shape index (κ1) is 9.05. The van der Waals surface area contributed by atoms with Crippen LogP contribution in [-0.4, -0.2) is 12.6 Å². The van der Waals surface area contributed by atoms with Gasteiger partial charge in [0.05, 0.1) is 0 Å². The molecular weight excluding hydrogens is 134 g/mol. The molecule has 1 fully saturated rings. The van der Waals surface area contributed by atoms with Gasteiger partial charge < -0.3 is 5.32 Å². The van der Waals surface area contributed by atoms with Gasteiger partial charge in [0.15, 0.2) is 0 Å². The Morgan fingerprint density at radius 2 is 2.00 bits per heavy atom. The van der Waals surface area contributed by atoms with Crippen molar-refractivity contribution >= 4 is 0 Å². The number of hydrogen-bond donors (Lipinski definition) is 1. The summed E-state index contributed by atoms with van der Waals surface area (Å²) in [4.78, 5) is 0. The zero-order valence-corrected chi connectivity index (χ0v) is 7.60. The minimum atomic E-state index is 0.500. The van der Waals surface area contributed by atoms with Gasteiger partial charge in [-0.25, -0.2) is 0 Å². The molecule has 11 heavy (non-hydrogen) atoms. The molecule has 65 valence electrons. The van der Waals surface area contributed by atoms with Gasteiger partial charge in [-0.1, -0.05) is 26.2 Å². The van der Waals surface area contributed by atoms with Gasteiger partial charge in [-0.15, -0.1) is 0 Å². The SMILES string of the molecule is [CH2]C(NCC)C1CCCCC1. The summed E-state index contributed by atoms with van der Waals surface area (Å²) in [7, 11) is 0. The molecule has 1 nitrogen and oxygen atoms in total. The van der Waals surface area contributed by atoms with Gasteiger partial charge in [0.1, 0.15) is 0 Å². The largest absolute Gasteiger partial charge is 0.314 e. The van der Waals surface area contributed by atoms with Crippen LogP contribution in [0.25, 0.3) is 0 Å². The Morgan fingerprint density at radius 3 is 2.55 bits per heavy atom. The summed E-state index contributed by atoms with van der Waals surface area (Å²) in [6, 6.07) is 0.500. The van der Waals surface area contributed by atoms with Crippen LogP contribution in [0.2, 0.25) is 0 Å². The summed E-state index contributed by atoms with van der Waals surface area (Å²) in [6.45, 7) is 7.35. The van der Waals surface area contributed by atoms with E-state index in [2.05, 4.69) is 19.2 Å². The van der Waals surface area contributed by atoms with Crippen LogP contribution in [0, 0.1) is 12.8 Å². The van der Waals surface area contributed by atoms with E-state index in [1.54, 1.807) is 0 Å². The third-order valence-electron chi connectivity index (χ3n) is 2.69. The maximum atomic E-state index is 4.14. The van der Waals surface area contributed by atoms with Crippen molar-refractivity contribution in [3.8, 4) is 0 Å². The average Bonchev–Trinajstić information content (AvgIpc) is 2.07. The summed E-state index contributed by atoms with van der Waals surface area (Å²) in [5.74, 6) is 0.851. The van der Waals surface area contributed by atoms with E-state index in [1.165, 1.54) is 32.1 Å². The molecule has 0 aliphatic heterocycles. The lowest BCUT2D eigenvalue weighted by Crippen LogP contribution is -2.34. The minimum Gasteiger partial charge on any atom is -0.314 e. The lowest BCUT2D eigenvalue weighted by molar-refractivity contribution is 0.302. The normalized spacial score (nSPS) is 23.5. The van der Waals surface area contributed by atoms with Crippen LogP contribution in [0.5, 0.6) is 0 Å². The monoisotopic (exact) mass is 154 g/mol.